The molecule has 2 atom stereocenters. The summed E-state index contributed by atoms with van der Waals surface area (Å²) in [5.74, 6) is 2.19. The number of methoxy groups -OCH3 is 1. The molecule has 10 nitrogen and oxygen atoms in total. The van der Waals surface area contributed by atoms with Gasteiger partial charge >= 0.3 is 5.96 Å². The first-order valence-corrected chi connectivity index (χ1v) is 15.1. The van der Waals surface area contributed by atoms with Gasteiger partial charge in [0.1, 0.15) is 31.1 Å². The van der Waals surface area contributed by atoms with Crippen LogP contribution in [0, 0.1) is 0 Å². The molecule has 2 aliphatic carbocycles. The molecule has 1 saturated heterocycles. The molecule has 3 heterocycles. The number of hydrogen-bond donors (Lipinski definition) is 3. The molecular formula is C32H39N6O4+. The lowest BCUT2D eigenvalue weighted by Gasteiger charge is -2.35. The summed E-state index contributed by atoms with van der Waals surface area (Å²) < 4.78 is 6.41. The lowest BCUT2D eigenvalue weighted by molar-refractivity contribution is -0.696. The van der Waals surface area contributed by atoms with Crippen molar-refractivity contribution in [2.75, 3.05) is 45.7 Å². The number of likely N-dealkylation sites (N-methyl/N-ethyl adjacent to an activating group) is 1. The zero-order valence-corrected chi connectivity index (χ0v) is 24.3. The first-order chi connectivity index (χ1) is 20.4. The highest BCUT2D eigenvalue weighted by atomic mass is 16.5. The van der Waals surface area contributed by atoms with Crippen LogP contribution in [0.15, 0.2) is 59.0 Å². The van der Waals surface area contributed by atoms with Gasteiger partial charge in [-0.3, -0.25) is 14.9 Å². The van der Waals surface area contributed by atoms with Crippen molar-refractivity contribution in [3.63, 3.8) is 0 Å². The summed E-state index contributed by atoms with van der Waals surface area (Å²) in [6, 6.07) is 13.2. The van der Waals surface area contributed by atoms with Crippen LogP contribution in [-0.4, -0.2) is 89.6 Å². The molecule has 42 heavy (non-hydrogen) atoms. The maximum atomic E-state index is 13.3. The van der Waals surface area contributed by atoms with E-state index in [1.54, 1.807) is 19.2 Å². The molecule has 1 saturated carbocycles. The Bertz CT molecular complexity index is 1490. The summed E-state index contributed by atoms with van der Waals surface area (Å²) in [5.41, 5.74) is 4.22. The second kappa shape index (κ2) is 10.4. The summed E-state index contributed by atoms with van der Waals surface area (Å²) in [6.07, 6.45) is 5.06. The van der Waals surface area contributed by atoms with Gasteiger partial charge in [0.15, 0.2) is 5.82 Å². The van der Waals surface area contributed by atoms with Gasteiger partial charge < -0.3 is 25.0 Å². The number of nitrogens with zero attached hydrogens (tertiary/aromatic N) is 4. The van der Waals surface area contributed by atoms with Crippen molar-refractivity contribution in [3.8, 4) is 5.75 Å². The van der Waals surface area contributed by atoms with Crippen LogP contribution < -0.4 is 15.4 Å². The fraction of sp³-hybridized carbons (Fsp3) is 0.469. The lowest BCUT2D eigenvalue weighted by Crippen LogP contribution is -2.48. The third-order valence-corrected chi connectivity index (χ3v) is 9.72. The Labute approximate surface area is 246 Å². The first-order valence-electron chi connectivity index (χ1n) is 15.1. The Morgan fingerprint density at radius 2 is 1.93 bits per heavy atom. The van der Waals surface area contributed by atoms with Crippen LogP contribution in [-0.2, 0) is 11.2 Å². The number of aliphatic imine (C=N–C) groups is 1. The van der Waals surface area contributed by atoms with Crippen molar-refractivity contribution in [1.29, 1.82) is 0 Å². The molecule has 2 amide bonds. The van der Waals surface area contributed by atoms with Crippen LogP contribution in [0.2, 0.25) is 0 Å². The van der Waals surface area contributed by atoms with Gasteiger partial charge in [-0.25, -0.2) is 4.48 Å². The number of ether oxygens (including phenoxy) is 1. The van der Waals surface area contributed by atoms with Gasteiger partial charge in [0.2, 0.25) is 5.91 Å². The summed E-state index contributed by atoms with van der Waals surface area (Å²) in [6.45, 7) is 3.31. The standard InChI is InChI=1S/C32H38N6O4/c1-36-25-19-38(15-16-38)32(35-30(25)37(14-13-28(36)40)22-8-4-5-9-22)33-24-12-11-21(18-27(24)42-2)31(41)34-29-23-10-6-3-7-20(23)17-26(29)39/h3,6-7,10-12,18,22,26,29,39H,4-5,8-9,13-17,19H2,1-2H3,(H-,33,34,35,41)/p+1/t26-,29+/m1/s1. The van der Waals surface area contributed by atoms with Gasteiger partial charge in [-0.15, -0.1) is 0 Å². The number of quaternary nitrogens is 1. The normalized spacial score (nSPS) is 24.7. The SMILES string of the molecule is COc1cc(C(=O)N[C@H]2c3ccccc3C[C@H]2O)ccc1NC1=NC2=C(C[N+]13CC3)N(C)C(=O)CCN2C1CCCC1. The van der Waals surface area contributed by atoms with Gasteiger partial charge in [0.25, 0.3) is 5.91 Å². The zero-order valence-electron chi connectivity index (χ0n) is 24.3. The number of anilines is 1. The van der Waals surface area contributed by atoms with Crippen LogP contribution in [0.25, 0.3) is 0 Å². The Hall–Kier alpha value is -3.89. The van der Waals surface area contributed by atoms with Gasteiger partial charge in [0.05, 0.1) is 24.9 Å². The Kier molecular flexibility index (Phi) is 6.70. The van der Waals surface area contributed by atoms with Crippen LogP contribution in [0.1, 0.15) is 59.6 Å². The zero-order chi connectivity index (χ0) is 29.0. The number of amides is 2. The second-order valence-electron chi connectivity index (χ2n) is 12.3. The molecule has 0 radical (unpaired) electrons. The molecule has 0 unspecified atom stereocenters. The number of hydrogen-bond acceptors (Lipinski definition) is 7. The Balaban J connectivity index is 1.16. The molecule has 2 aromatic rings. The quantitative estimate of drug-likeness (QED) is 0.377. The van der Waals surface area contributed by atoms with E-state index in [1.807, 2.05) is 42.3 Å². The molecule has 5 aliphatic rings. The predicted molar refractivity (Wildman–Crippen MR) is 159 cm³/mol. The minimum Gasteiger partial charge on any atom is -0.495 e. The number of aliphatic hydroxyl groups excluding tert-OH is 1. The summed E-state index contributed by atoms with van der Waals surface area (Å²) >= 11 is 0. The highest BCUT2D eigenvalue weighted by Gasteiger charge is 2.54. The monoisotopic (exact) mass is 571 g/mol. The van der Waals surface area contributed by atoms with E-state index in [1.165, 1.54) is 12.8 Å². The summed E-state index contributed by atoms with van der Waals surface area (Å²) in [5, 5.41) is 17.2. The average Bonchev–Trinajstić information content (AvgIpc) is 3.45. The molecule has 220 valence electrons. The van der Waals surface area contributed by atoms with Crippen molar-refractivity contribution >= 4 is 23.5 Å². The topological polar surface area (TPSA) is 106 Å². The molecule has 0 bridgehead atoms. The molecule has 0 aromatic heterocycles. The summed E-state index contributed by atoms with van der Waals surface area (Å²) in [4.78, 5) is 35.7. The smallest absolute Gasteiger partial charge is 0.309 e. The van der Waals surface area contributed by atoms with Crippen LogP contribution in [0.4, 0.5) is 5.69 Å². The van der Waals surface area contributed by atoms with E-state index in [0.29, 0.717) is 41.2 Å². The lowest BCUT2D eigenvalue weighted by atomic mass is 10.1. The number of rotatable bonds is 5. The molecule has 3 aliphatic heterocycles. The van der Waals surface area contributed by atoms with Crippen molar-refractivity contribution in [1.82, 2.24) is 15.1 Å². The van der Waals surface area contributed by atoms with Gasteiger partial charge in [0, 0.05) is 38.0 Å². The molecule has 3 N–H and O–H groups in total. The Morgan fingerprint density at radius 1 is 1.14 bits per heavy atom. The maximum absolute atomic E-state index is 13.3. The van der Waals surface area contributed by atoms with Crippen LogP contribution in [0.3, 0.4) is 0 Å². The second-order valence-corrected chi connectivity index (χ2v) is 12.3. The molecule has 7 rings (SSSR count). The number of fused-ring (bicyclic) bond motifs is 1. The molecule has 2 fully saturated rings. The highest BCUT2D eigenvalue weighted by molar-refractivity contribution is 5.97. The molecule has 1 spiro atoms. The summed E-state index contributed by atoms with van der Waals surface area (Å²) in [7, 11) is 3.48. The molecule has 10 heteroatoms. The van der Waals surface area contributed by atoms with E-state index in [4.69, 9.17) is 9.73 Å². The highest BCUT2D eigenvalue weighted by Crippen LogP contribution is 2.39. The van der Waals surface area contributed by atoms with Gasteiger partial charge in [-0.2, -0.15) is 4.99 Å². The predicted octanol–water partition coefficient (Wildman–Crippen LogP) is 2.97. The van der Waals surface area contributed by atoms with Crippen LogP contribution >= 0.6 is 0 Å². The van der Waals surface area contributed by atoms with E-state index in [-0.39, 0.29) is 11.8 Å². The van der Waals surface area contributed by atoms with Crippen molar-refractivity contribution in [3.05, 3.63) is 70.7 Å². The Morgan fingerprint density at radius 3 is 2.69 bits per heavy atom. The molecular weight excluding hydrogens is 532 g/mol. The van der Waals surface area contributed by atoms with E-state index >= 15 is 0 Å². The van der Waals surface area contributed by atoms with Gasteiger partial charge in [-0.05, 0) is 42.2 Å². The maximum Gasteiger partial charge on any atom is 0.309 e. The van der Waals surface area contributed by atoms with E-state index in [2.05, 4.69) is 15.5 Å². The minimum atomic E-state index is -0.660. The third kappa shape index (κ3) is 4.62. The van der Waals surface area contributed by atoms with E-state index in [0.717, 1.165) is 66.8 Å². The minimum absolute atomic E-state index is 0.152. The van der Waals surface area contributed by atoms with Crippen LogP contribution in [0.5, 0.6) is 5.75 Å². The molecule has 2 aromatic carbocycles. The average molecular weight is 572 g/mol. The number of aliphatic hydroxyl groups is 1. The number of guanidine groups is 1. The fourth-order valence-corrected chi connectivity index (χ4v) is 7.07. The van der Waals surface area contributed by atoms with Crippen molar-refractivity contribution < 1.29 is 23.9 Å². The van der Waals surface area contributed by atoms with Crippen molar-refractivity contribution in [2.24, 2.45) is 4.99 Å². The number of benzene rings is 2. The number of carbonyl (C=O) groups excluding carboxylic acids is 2. The van der Waals surface area contributed by atoms with E-state index in [9.17, 15) is 14.7 Å². The fourth-order valence-electron chi connectivity index (χ4n) is 7.07. The number of nitrogens with one attached hydrogen (secondary N) is 2. The van der Waals surface area contributed by atoms with Crippen molar-refractivity contribution in [2.45, 2.75) is 56.7 Å². The van der Waals surface area contributed by atoms with E-state index < -0.39 is 12.1 Å². The third-order valence-electron chi connectivity index (χ3n) is 9.72. The first kappa shape index (κ1) is 27.0. The largest absolute Gasteiger partial charge is 0.495 e. The van der Waals surface area contributed by atoms with Gasteiger partial charge in [-0.1, -0.05) is 37.1 Å². The number of carbonyl (C=O) groups is 2.